The third-order valence-corrected chi connectivity index (χ3v) is 6.06. The van der Waals surface area contributed by atoms with Gasteiger partial charge in [0.05, 0.1) is 4.90 Å². The van der Waals surface area contributed by atoms with E-state index in [0.717, 1.165) is 32.4 Å². The Morgan fingerprint density at radius 1 is 1.33 bits per heavy atom. The number of halogens is 1. The molecular weight excluding hydrogens is 314 g/mol. The molecule has 0 bridgehead atoms. The summed E-state index contributed by atoms with van der Waals surface area (Å²) < 4.78 is 27.4. The molecule has 2 aliphatic heterocycles. The summed E-state index contributed by atoms with van der Waals surface area (Å²) >= 11 is 5.69. The molecule has 1 aromatic heterocycles. The topological polar surface area (TPSA) is 82.3 Å². The van der Waals surface area contributed by atoms with E-state index in [9.17, 15) is 13.2 Å². The molecule has 3 heterocycles. The smallest absolute Gasteiger partial charge is 0.266 e. The molecule has 0 amide bonds. The number of hydrogen-bond acceptors (Lipinski definition) is 4. The highest BCUT2D eigenvalue weighted by atomic mass is 35.5. The Kier molecular flexibility index (Phi) is 4.09. The maximum absolute atomic E-state index is 12.4. The van der Waals surface area contributed by atoms with Crippen molar-refractivity contribution in [2.45, 2.75) is 42.7 Å². The van der Waals surface area contributed by atoms with Crippen LogP contribution in [0.4, 0.5) is 0 Å². The first kappa shape index (κ1) is 15.0. The number of piperidine rings is 1. The lowest BCUT2D eigenvalue weighted by Gasteiger charge is -2.34. The Balaban J connectivity index is 1.73. The first-order chi connectivity index (χ1) is 9.95. The summed E-state index contributed by atoms with van der Waals surface area (Å²) in [5.41, 5.74) is -0.491. The largest absolute Gasteiger partial charge is 0.326 e. The number of sulfonamides is 1. The SMILES string of the molecule is O=c1[nH]cc(S(=O)(=O)NC2CCN3CCCC3C2)cc1Cl. The van der Waals surface area contributed by atoms with Gasteiger partial charge in [0, 0.05) is 18.3 Å². The molecule has 8 heteroatoms. The van der Waals surface area contributed by atoms with Crippen LogP contribution in [-0.4, -0.2) is 43.5 Å². The van der Waals surface area contributed by atoms with Crippen molar-refractivity contribution in [3.63, 3.8) is 0 Å². The zero-order chi connectivity index (χ0) is 15.0. The van der Waals surface area contributed by atoms with Gasteiger partial charge in [-0.2, -0.15) is 0 Å². The van der Waals surface area contributed by atoms with Crippen molar-refractivity contribution in [2.24, 2.45) is 0 Å². The minimum atomic E-state index is -3.65. The van der Waals surface area contributed by atoms with E-state index >= 15 is 0 Å². The number of nitrogens with zero attached hydrogens (tertiary/aromatic N) is 1. The Bertz CT molecular complexity index is 688. The summed E-state index contributed by atoms with van der Waals surface area (Å²) in [6.07, 6.45) is 5.17. The Morgan fingerprint density at radius 2 is 2.14 bits per heavy atom. The van der Waals surface area contributed by atoms with Crippen LogP contribution in [0.15, 0.2) is 22.0 Å². The average Bonchev–Trinajstić information content (AvgIpc) is 2.88. The molecule has 2 aliphatic rings. The molecule has 2 atom stereocenters. The second-order valence-electron chi connectivity index (χ2n) is 5.69. The summed E-state index contributed by atoms with van der Waals surface area (Å²) in [6, 6.07) is 1.62. The summed E-state index contributed by atoms with van der Waals surface area (Å²) in [7, 11) is -3.65. The van der Waals surface area contributed by atoms with Gasteiger partial charge in [-0.25, -0.2) is 13.1 Å². The summed E-state index contributed by atoms with van der Waals surface area (Å²) in [5, 5.41) is -0.122. The molecule has 0 radical (unpaired) electrons. The standard InChI is InChI=1S/C13H18ClN3O3S/c14-12-7-11(8-15-13(12)18)21(19,20)16-9-3-5-17-4-1-2-10(17)6-9/h7-10,16H,1-6H2,(H,15,18). The molecule has 0 aromatic carbocycles. The van der Waals surface area contributed by atoms with Gasteiger partial charge in [-0.15, -0.1) is 0 Å². The van der Waals surface area contributed by atoms with Crippen LogP contribution < -0.4 is 10.3 Å². The Morgan fingerprint density at radius 3 is 2.90 bits per heavy atom. The van der Waals surface area contributed by atoms with Gasteiger partial charge in [0.25, 0.3) is 5.56 Å². The molecule has 0 spiro atoms. The zero-order valence-corrected chi connectivity index (χ0v) is 13.1. The van der Waals surface area contributed by atoms with Gasteiger partial charge < -0.3 is 9.88 Å². The van der Waals surface area contributed by atoms with Gasteiger partial charge in [-0.05, 0) is 44.8 Å². The Hall–Kier alpha value is -0.890. The van der Waals surface area contributed by atoms with Crippen molar-refractivity contribution in [3.05, 3.63) is 27.6 Å². The van der Waals surface area contributed by atoms with E-state index in [1.165, 1.54) is 18.7 Å². The molecule has 21 heavy (non-hydrogen) atoms. The number of fused-ring (bicyclic) bond motifs is 1. The molecule has 2 fully saturated rings. The second-order valence-corrected chi connectivity index (χ2v) is 7.81. The van der Waals surface area contributed by atoms with E-state index in [0.29, 0.717) is 6.04 Å². The van der Waals surface area contributed by atoms with E-state index in [1.54, 1.807) is 0 Å². The fraction of sp³-hybridized carbons (Fsp3) is 0.615. The predicted octanol–water partition coefficient (Wildman–Crippen LogP) is 0.933. The van der Waals surface area contributed by atoms with Gasteiger partial charge in [-0.1, -0.05) is 11.6 Å². The fourth-order valence-electron chi connectivity index (χ4n) is 3.21. The quantitative estimate of drug-likeness (QED) is 0.863. The van der Waals surface area contributed by atoms with E-state index < -0.39 is 15.6 Å². The van der Waals surface area contributed by atoms with E-state index in [-0.39, 0.29) is 16.0 Å². The number of pyridine rings is 1. The molecule has 0 saturated carbocycles. The average molecular weight is 332 g/mol. The van der Waals surface area contributed by atoms with Crippen molar-refractivity contribution < 1.29 is 8.42 Å². The lowest BCUT2D eigenvalue weighted by Crippen LogP contribution is -2.47. The van der Waals surface area contributed by atoms with E-state index in [1.807, 2.05) is 0 Å². The lowest BCUT2D eigenvalue weighted by atomic mass is 9.99. The molecule has 2 saturated heterocycles. The first-order valence-electron chi connectivity index (χ1n) is 7.10. The van der Waals surface area contributed by atoms with Gasteiger partial charge in [-0.3, -0.25) is 4.79 Å². The number of hydrogen-bond donors (Lipinski definition) is 2. The molecular formula is C13H18ClN3O3S. The third-order valence-electron chi connectivity index (χ3n) is 4.28. The second kappa shape index (κ2) is 5.72. The molecule has 6 nitrogen and oxygen atoms in total. The highest BCUT2D eigenvalue weighted by Crippen LogP contribution is 2.27. The first-order valence-corrected chi connectivity index (χ1v) is 8.96. The van der Waals surface area contributed by atoms with Crippen LogP contribution in [-0.2, 0) is 10.0 Å². The number of nitrogens with one attached hydrogen (secondary N) is 2. The number of aromatic nitrogens is 1. The van der Waals surface area contributed by atoms with E-state index in [4.69, 9.17) is 11.6 Å². The molecule has 3 rings (SSSR count). The minimum Gasteiger partial charge on any atom is -0.326 e. The molecule has 1 aromatic rings. The molecule has 2 unspecified atom stereocenters. The highest BCUT2D eigenvalue weighted by molar-refractivity contribution is 7.89. The normalized spacial score (nSPS) is 26.7. The molecule has 2 N–H and O–H groups in total. The lowest BCUT2D eigenvalue weighted by molar-refractivity contribution is 0.176. The number of H-pyrrole nitrogens is 1. The zero-order valence-electron chi connectivity index (χ0n) is 11.5. The highest BCUT2D eigenvalue weighted by Gasteiger charge is 2.33. The van der Waals surface area contributed by atoms with Crippen LogP contribution in [0.1, 0.15) is 25.7 Å². The summed E-state index contributed by atoms with van der Waals surface area (Å²) in [5.74, 6) is 0. The maximum Gasteiger partial charge on any atom is 0.266 e. The van der Waals surface area contributed by atoms with Crippen LogP contribution >= 0.6 is 11.6 Å². The fourth-order valence-corrected chi connectivity index (χ4v) is 4.72. The maximum atomic E-state index is 12.4. The molecule has 116 valence electrons. The van der Waals surface area contributed by atoms with Crippen molar-refractivity contribution in [1.29, 1.82) is 0 Å². The minimum absolute atomic E-state index is 0.000881. The van der Waals surface area contributed by atoms with E-state index in [2.05, 4.69) is 14.6 Å². The van der Waals surface area contributed by atoms with Crippen LogP contribution in [0.3, 0.4) is 0 Å². The monoisotopic (exact) mass is 331 g/mol. The number of rotatable bonds is 3. The van der Waals surface area contributed by atoms with Crippen molar-refractivity contribution in [3.8, 4) is 0 Å². The predicted molar refractivity (Wildman–Crippen MR) is 80.0 cm³/mol. The van der Waals surface area contributed by atoms with Gasteiger partial charge >= 0.3 is 0 Å². The van der Waals surface area contributed by atoms with Gasteiger partial charge in [0.1, 0.15) is 5.02 Å². The van der Waals surface area contributed by atoms with Crippen molar-refractivity contribution >= 4 is 21.6 Å². The van der Waals surface area contributed by atoms with Crippen LogP contribution in [0, 0.1) is 0 Å². The van der Waals surface area contributed by atoms with Crippen LogP contribution in [0.5, 0.6) is 0 Å². The summed E-state index contributed by atoms with van der Waals surface area (Å²) in [6.45, 7) is 2.06. The van der Waals surface area contributed by atoms with Crippen LogP contribution in [0.25, 0.3) is 0 Å². The molecule has 0 aliphatic carbocycles. The van der Waals surface area contributed by atoms with Crippen LogP contribution in [0.2, 0.25) is 5.02 Å². The summed E-state index contributed by atoms with van der Waals surface area (Å²) in [4.78, 5) is 16.0. The van der Waals surface area contributed by atoms with Gasteiger partial charge in [0.2, 0.25) is 10.0 Å². The van der Waals surface area contributed by atoms with Crippen molar-refractivity contribution in [2.75, 3.05) is 13.1 Å². The Labute approximate surface area is 128 Å². The van der Waals surface area contributed by atoms with Crippen molar-refractivity contribution in [1.82, 2.24) is 14.6 Å². The number of aromatic amines is 1. The third kappa shape index (κ3) is 3.15. The van der Waals surface area contributed by atoms with Gasteiger partial charge in [0.15, 0.2) is 0 Å².